The van der Waals surface area contributed by atoms with Crippen LogP contribution >= 0.6 is 0 Å². The van der Waals surface area contributed by atoms with Gasteiger partial charge in [-0.15, -0.1) is 0 Å². The maximum Gasteiger partial charge on any atom is 0.103 e. The highest BCUT2D eigenvalue weighted by Gasteiger charge is 2.66. The van der Waals surface area contributed by atoms with E-state index in [0.717, 1.165) is 50.9 Å². The van der Waals surface area contributed by atoms with E-state index >= 15 is 0 Å². The summed E-state index contributed by atoms with van der Waals surface area (Å²) in [7, 11) is 0. The van der Waals surface area contributed by atoms with Crippen molar-refractivity contribution < 1.29 is 5.11 Å². The Kier molecular flexibility index (Phi) is 6.64. The zero-order chi connectivity index (χ0) is 23.4. The second-order valence-electron chi connectivity index (χ2n) is 13.4. The summed E-state index contributed by atoms with van der Waals surface area (Å²) in [5.41, 5.74) is 7.80. The summed E-state index contributed by atoms with van der Waals surface area (Å²) in [6.07, 6.45) is 14.6. The van der Waals surface area contributed by atoms with E-state index < -0.39 is 0 Å². The quantitative estimate of drug-likeness (QED) is 0.421. The number of rotatable bonds is 7. The molecule has 0 bridgehead atoms. The summed E-state index contributed by atoms with van der Waals surface area (Å²) in [5, 5.41) is 13.9. The first kappa shape index (κ1) is 24.6. The smallest absolute Gasteiger partial charge is 0.103 e. The summed E-state index contributed by atoms with van der Waals surface area (Å²) in [4.78, 5) is 11.7. The number of hydrogen-bond acceptors (Lipinski definition) is 4. The first-order chi connectivity index (χ1) is 15.0. The number of aliphatic hydroxyl groups is 1. The van der Waals surface area contributed by atoms with Gasteiger partial charge in [-0.05, 0) is 117 Å². The molecule has 3 N–H and O–H groups in total. The van der Waals surface area contributed by atoms with Gasteiger partial charge in [0.2, 0.25) is 0 Å². The SMILES string of the molecule is CC[C@]1(N=O)CC[C@@]2(C)C(CC[C@]3(N)C2CC[C@@]2(C)C3CC[C@@H]2CCCC(O)C(C)C)C1. The van der Waals surface area contributed by atoms with Crippen molar-refractivity contribution >= 4 is 0 Å². The molecule has 4 saturated carbocycles. The van der Waals surface area contributed by atoms with Crippen LogP contribution in [0.15, 0.2) is 5.18 Å². The van der Waals surface area contributed by atoms with E-state index in [2.05, 4.69) is 39.8 Å². The predicted octanol–water partition coefficient (Wildman–Crippen LogP) is 6.83. The molecule has 184 valence electrons. The minimum absolute atomic E-state index is 0.0364. The number of nitroso groups, excluding NO2 is 1. The van der Waals surface area contributed by atoms with Crippen molar-refractivity contribution in [2.45, 2.75) is 135 Å². The van der Waals surface area contributed by atoms with Crippen molar-refractivity contribution in [1.29, 1.82) is 0 Å². The van der Waals surface area contributed by atoms with Gasteiger partial charge in [0.15, 0.2) is 0 Å². The molecule has 4 nitrogen and oxygen atoms in total. The summed E-state index contributed by atoms with van der Waals surface area (Å²) in [6, 6.07) is 0. The minimum atomic E-state index is -0.318. The van der Waals surface area contributed by atoms with E-state index in [1.54, 1.807) is 0 Å². The molecule has 0 heterocycles. The van der Waals surface area contributed by atoms with Crippen LogP contribution in [-0.2, 0) is 0 Å². The third-order valence-corrected chi connectivity index (χ3v) is 11.9. The first-order valence-corrected chi connectivity index (χ1v) is 13.9. The van der Waals surface area contributed by atoms with Crippen molar-refractivity contribution in [1.82, 2.24) is 0 Å². The zero-order valence-corrected chi connectivity index (χ0v) is 21.5. The number of nitrogens with two attached hydrogens (primary N) is 1. The van der Waals surface area contributed by atoms with Crippen LogP contribution in [0.4, 0.5) is 0 Å². The molecule has 32 heavy (non-hydrogen) atoms. The second kappa shape index (κ2) is 8.63. The fourth-order valence-electron chi connectivity index (χ4n) is 9.50. The van der Waals surface area contributed by atoms with Crippen molar-refractivity contribution in [2.75, 3.05) is 0 Å². The number of fused-ring (bicyclic) bond motifs is 5. The fourth-order valence-corrected chi connectivity index (χ4v) is 9.50. The van der Waals surface area contributed by atoms with Crippen LogP contribution in [-0.4, -0.2) is 22.3 Å². The lowest BCUT2D eigenvalue weighted by Gasteiger charge is -2.66. The van der Waals surface area contributed by atoms with Gasteiger partial charge in [0, 0.05) is 5.54 Å². The van der Waals surface area contributed by atoms with Crippen LogP contribution in [0.3, 0.4) is 0 Å². The third kappa shape index (κ3) is 3.70. The van der Waals surface area contributed by atoms with Crippen molar-refractivity contribution in [3.05, 3.63) is 4.91 Å². The average molecular weight is 447 g/mol. The Balaban J connectivity index is 1.49. The zero-order valence-electron chi connectivity index (χ0n) is 21.5. The molecule has 4 heteroatoms. The Morgan fingerprint density at radius 2 is 1.72 bits per heavy atom. The largest absolute Gasteiger partial charge is 0.393 e. The van der Waals surface area contributed by atoms with Gasteiger partial charge in [-0.3, -0.25) is 0 Å². The molecule has 9 atom stereocenters. The molecule has 4 aliphatic rings. The van der Waals surface area contributed by atoms with E-state index in [1.807, 2.05) is 0 Å². The molecular formula is C28H50N2O2. The molecule has 4 aliphatic carbocycles. The monoisotopic (exact) mass is 446 g/mol. The number of aliphatic hydroxyl groups excluding tert-OH is 1. The highest BCUT2D eigenvalue weighted by atomic mass is 16.3. The third-order valence-electron chi connectivity index (χ3n) is 11.9. The molecule has 4 rings (SSSR count). The molecule has 0 saturated heterocycles. The molecule has 0 radical (unpaired) electrons. The Labute approximate surface area is 196 Å². The van der Waals surface area contributed by atoms with Gasteiger partial charge in [0.1, 0.15) is 5.54 Å². The molecule has 0 aromatic rings. The molecule has 0 aromatic heterocycles. The predicted molar refractivity (Wildman–Crippen MR) is 132 cm³/mol. The van der Waals surface area contributed by atoms with Crippen LogP contribution in [0.25, 0.3) is 0 Å². The summed E-state index contributed by atoms with van der Waals surface area (Å²) < 4.78 is 0. The highest BCUT2D eigenvalue weighted by molar-refractivity contribution is 5.19. The average Bonchev–Trinajstić information content (AvgIpc) is 3.10. The normalized spacial score (nSPS) is 49.2. The van der Waals surface area contributed by atoms with E-state index in [0.29, 0.717) is 29.1 Å². The second-order valence-corrected chi connectivity index (χ2v) is 13.4. The van der Waals surface area contributed by atoms with Crippen LogP contribution < -0.4 is 5.73 Å². The van der Waals surface area contributed by atoms with Gasteiger partial charge in [-0.25, -0.2) is 0 Å². The van der Waals surface area contributed by atoms with Crippen molar-refractivity contribution in [3.63, 3.8) is 0 Å². The number of nitrogens with zero attached hydrogens (tertiary/aromatic N) is 1. The fraction of sp³-hybridized carbons (Fsp3) is 1.00. The lowest BCUT2D eigenvalue weighted by atomic mass is 9.41. The van der Waals surface area contributed by atoms with Crippen LogP contribution in [0.5, 0.6) is 0 Å². The maximum absolute atomic E-state index is 11.7. The maximum atomic E-state index is 11.7. The standard InChI is InChI=1S/C28H50N2O2/c1-6-27(30-32)17-16-26(5)21(18-27)12-15-28(29)23-11-10-20(8-7-9-22(31)19(2)3)25(23,4)14-13-24(26)28/h19-24,31H,6-18,29H2,1-5H3/t20-,21?,22?,23?,24?,25+,26-,27-,28+/m0/s1. The van der Waals surface area contributed by atoms with Gasteiger partial charge < -0.3 is 10.8 Å². The Morgan fingerprint density at radius 1 is 1.00 bits per heavy atom. The number of hydrogen-bond donors (Lipinski definition) is 2. The Morgan fingerprint density at radius 3 is 2.38 bits per heavy atom. The van der Waals surface area contributed by atoms with Crippen molar-refractivity contribution in [3.8, 4) is 0 Å². The topological polar surface area (TPSA) is 75.7 Å². The van der Waals surface area contributed by atoms with Crippen LogP contribution in [0, 0.1) is 45.3 Å². The van der Waals surface area contributed by atoms with Crippen LogP contribution in [0.1, 0.15) is 118 Å². The lowest BCUT2D eigenvalue weighted by Crippen LogP contribution is -2.68. The highest BCUT2D eigenvalue weighted by Crippen LogP contribution is 2.69. The molecule has 4 fully saturated rings. The van der Waals surface area contributed by atoms with Crippen molar-refractivity contribution in [2.24, 2.45) is 51.3 Å². The van der Waals surface area contributed by atoms with E-state index in [-0.39, 0.29) is 22.6 Å². The van der Waals surface area contributed by atoms with Crippen LogP contribution in [0.2, 0.25) is 0 Å². The molecule has 4 unspecified atom stereocenters. The molecular weight excluding hydrogens is 396 g/mol. The molecule has 0 amide bonds. The Bertz CT molecular complexity index is 697. The van der Waals surface area contributed by atoms with E-state index in [4.69, 9.17) is 5.73 Å². The van der Waals surface area contributed by atoms with Gasteiger partial charge in [-0.1, -0.05) is 46.2 Å². The molecule has 0 aliphatic heterocycles. The van der Waals surface area contributed by atoms with Gasteiger partial charge >= 0.3 is 0 Å². The summed E-state index contributed by atoms with van der Waals surface area (Å²) >= 11 is 0. The first-order valence-electron chi connectivity index (χ1n) is 13.9. The van der Waals surface area contributed by atoms with E-state index in [9.17, 15) is 10.0 Å². The minimum Gasteiger partial charge on any atom is -0.393 e. The van der Waals surface area contributed by atoms with Gasteiger partial charge in [0.05, 0.1) is 6.10 Å². The van der Waals surface area contributed by atoms with Gasteiger partial charge in [-0.2, -0.15) is 4.91 Å². The summed E-state index contributed by atoms with van der Waals surface area (Å²) in [5.74, 6) is 2.95. The van der Waals surface area contributed by atoms with Gasteiger partial charge in [0.25, 0.3) is 0 Å². The Hall–Kier alpha value is -0.480. The molecule has 0 aromatic carbocycles. The van der Waals surface area contributed by atoms with E-state index in [1.165, 1.54) is 38.5 Å². The summed E-state index contributed by atoms with van der Waals surface area (Å²) in [6.45, 7) is 11.5. The molecule has 0 spiro atoms. The lowest BCUT2D eigenvalue weighted by molar-refractivity contribution is -0.135.